The summed E-state index contributed by atoms with van der Waals surface area (Å²) in [5, 5.41) is 11.2. The molecule has 0 radical (unpaired) electrons. The average Bonchev–Trinajstić information content (AvgIpc) is 3.17. The van der Waals surface area contributed by atoms with Crippen LogP contribution in [0.2, 0.25) is 10.0 Å². The zero-order valence-corrected chi connectivity index (χ0v) is 13.7. The Morgan fingerprint density at radius 2 is 2.18 bits per heavy atom. The highest BCUT2D eigenvalue weighted by Crippen LogP contribution is 2.40. The molecule has 1 aliphatic rings. The Morgan fingerprint density at radius 3 is 2.95 bits per heavy atom. The van der Waals surface area contributed by atoms with E-state index in [4.69, 9.17) is 23.2 Å². The fourth-order valence-corrected chi connectivity index (χ4v) is 4.19. The number of hydrogen-bond acceptors (Lipinski definition) is 4. The minimum absolute atomic E-state index is 0.0774. The summed E-state index contributed by atoms with van der Waals surface area (Å²) in [6.45, 7) is 0. The van der Waals surface area contributed by atoms with Crippen molar-refractivity contribution in [2.24, 2.45) is 0 Å². The number of rotatable bonds is 2. The molecule has 1 aromatic carbocycles. The van der Waals surface area contributed by atoms with Gasteiger partial charge < -0.3 is 5.32 Å². The first kappa shape index (κ1) is 14.1. The van der Waals surface area contributed by atoms with E-state index in [1.165, 1.54) is 4.88 Å². The van der Waals surface area contributed by atoms with Crippen molar-refractivity contribution in [3.8, 4) is 0 Å². The van der Waals surface area contributed by atoms with Crippen LogP contribution in [0.1, 0.15) is 28.9 Å². The normalized spacial score (nSPS) is 20.5. The van der Waals surface area contributed by atoms with Crippen molar-refractivity contribution in [3.05, 3.63) is 62.5 Å². The smallest absolute Gasteiger partial charge is 0.222 e. The second-order valence-corrected chi connectivity index (χ2v) is 6.98. The van der Waals surface area contributed by atoms with Crippen molar-refractivity contribution in [1.29, 1.82) is 0 Å². The van der Waals surface area contributed by atoms with Crippen LogP contribution in [0.5, 0.6) is 0 Å². The summed E-state index contributed by atoms with van der Waals surface area (Å²) in [5.41, 5.74) is 1.03. The third-order valence-electron chi connectivity index (χ3n) is 3.84. The molecule has 0 fully saturated rings. The summed E-state index contributed by atoms with van der Waals surface area (Å²) in [6, 6.07) is 10.0. The summed E-state index contributed by atoms with van der Waals surface area (Å²) < 4.78 is 1.94. The maximum atomic E-state index is 6.37. The van der Waals surface area contributed by atoms with Gasteiger partial charge in [0.1, 0.15) is 6.33 Å². The number of nitrogens with one attached hydrogen (secondary N) is 1. The number of fused-ring (bicyclic) bond motifs is 1. The molecule has 0 saturated heterocycles. The van der Waals surface area contributed by atoms with Gasteiger partial charge in [-0.15, -0.1) is 11.3 Å². The topological polar surface area (TPSA) is 42.7 Å². The predicted molar refractivity (Wildman–Crippen MR) is 89.9 cm³/mol. The van der Waals surface area contributed by atoms with Gasteiger partial charge in [-0.3, -0.25) is 0 Å². The highest BCUT2D eigenvalue weighted by Gasteiger charge is 2.31. The molecule has 3 heterocycles. The molecular formula is C15H12Cl2N4S. The van der Waals surface area contributed by atoms with E-state index in [1.54, 1.807) is 23.7 Å². The monoisotopic (exact) mass is 350 g/mol. The van der Waals surface area contributed by atoms with E-state index < -0.39 is 0 Å². The van der Waals surface area contributed by atoms with E-state index in [0.717, 1.165) is 17.9 Å². The van der Waals surface area contributed by atoms with Crippen molar-refractivity contribution >= 4 is 40.5 Å². The maximum Gasteiger partial charge on any atom is 0.222 e. The van der Waals surface area contributed by atoms with Crippen molar-refractivity contribution in [2.75, 3.05) is 5.32 Å². The highest BCUT2D eigenvalue weighted by atomic mass is 35.5. The SMILES string of the molecule is Clc1ccc([C@H]2C[C@H](c3cccs3)n3ncnc3N2)c(Cl)c1. The lowest BCUT2D eigenvalue weighted by Crippen LogP contribution is -2.27. The number of aromatic nitrogens is 3. The quantitative estimate of drug-likeness (QED) is 0.722. The van der Waals surface area contributed by atoms with E-state index in [-0.39, 0.29) is 12.1 Å². The van der Waals surface area contributed by atoms with Crippen LogP contribution in [-0.4, -0.2) is 14.8 Å². The minimum atomic E-state index is 0.0774. The number of thiophene rings is 1. The van der Waals surface area contributed by atoms with Gasteiger partial charge in [-0.1, -0.05) is 35.3 Å². The molecule has 4 rings (SSSR count). The molecule has 112 valence electrons. The molecule has 1 N–H and O–H groups in total. The fraction of sp³-hybridized carbons (Fsp3) is 0.200. The standard InChI is InChI=1S/C15H12Cl2N4S/c16-9-3-4-10(11(17)6-9)12-7-13(14-2-1-5-22-14)21-15(20-12)18-8-19-21/h1-6,8,12-13H,7H2,(H,18,19,20)/t12-,13-/m1/s1. The van der Waals surface area contributed by atoms with Gasteiger partial charge in [0.15, 0.2) is 0 Å². The molecule has 7 heteroatoms. The number of anilines is 1. The molecule has 0 saturated carbocycles. The first-order chi connectivity index (χ1) is 10.7. The minimum Gasteiger partial charge on any atom is -0.347 e. The lowest BCUT2D eigenvalue weighted by atomic mass is 9.97. The zero-order valence-electron chi connectivity index (χ0n) is 11.4. The van der Waals surface area contributed by atoms with Gasteiger partial charge in [0.05, 0.1) is 12.1 Å². The number of halogens is 2. The van der Waals surface area contributed by atoms with Crippen molar-refractivity contribution < 1.29 is 0 Å². The van der Waals surface area contributed by atoms with Crippen LogP contribution in [0.25, 0.3) is 0 Å². The first-order valence-corrected chi connectivity index (χ1v) is 8.50. The van der Waals surface area contributed by atoms with Crippen LogP contribution in [0.4, 0.5) is 5.95 Å². The van der Waals surface area contributed by atoms with Gasteiger partial charge in [0.25, 0.3) is 0 Å². The van der Waals surface area contributed by atoms with Gasteiger partial charge in [0.2, 0.25) is 5.95 Å². The molecule has 0 unspecified atom stereocenters. The summed E-state index contributed by atoms with van der Waals surface area (Å²) in [7, 11) is 0. The molecule has 2 atom stereocenters. The molecule has 0 amide bonds. The molecule has 0 aliphatic carbocycles. The Balaban J connectivity index is 1.75. The lowest BCUT2D eigenvalue weighted by Gasteiger charge is -2.31. The molecule has 2 aromatic heterocycles. The van der Waals surface area contributed by atoms with Crippen LogP contribution in [0.15, 0.2) is 42.0 Å². The van der Waals surface area contributed by atoms with Crippen LogP contribution in [0.3, 0.4) is 0 Å². The third-order valence-corrected chi connectivity index (χ3v) is 5.38. The molecule has 22 heavy (non-hydrogen) atoms. The molecule has 0 spiro atoms. The van der Waals surface area contributed by atoms with E-state index >= 15 is 0 Å². The van der Waals surface area contributed by atoms with Crippen LogP contribution in [0, 0.1) is 0 Å². The second kappa shape index (κ2) is 5.57. The van der Waals surface area contributed by atoms with Crippen molar-refractivity contribution in [2.45, 2.75) is 18.5 Å². The Kier molecular flexibility index (Phi) is 3.56. The summed E-state index contributed by atoms with van der Waals surface area (Å²) in [4.78, 5) is 5.58. The largest absolute Gasteiger partial charge is 0.347 e. The van der Waals surface area contributed by atoms with Gasteiger partial charge in [-0.25, -0.2) is 4.68 Å². The van der Waals surface area contributed by atoms with E-state index in [1.807, 2.05) is 16.8 Å². The molecule has 1 aliphatic heterocycles. The average molecular weight is 351 g/mol. The summed E-state index contributed by atoms with van der Waals surface area (Å²) >= 11 is 14.1. The van der Waals surface area contributed by atoms with Crippen LogP contribution >= 0.6 is 34.5 Å². The lowest BCUT2D eigenvalue weighted by molar-refractivity contribution is 0.436. The Bertz CT molecular complexity index is 800. The summed E-state index contributed by atoms with van der Waals surface area (Å²) in [6.07, 6.45) is 2.44. The predicted octanol–water partition coefficient (Wildman–Crippen LogP) is 4.79. The third kappa shape index (κ3) is 2.39. The van der Waals surface area contributed by atoms with E-state index in [9.17, 15) is 0 Å². The van der Waals surface area contributed by atoms with Crippen molar-refractivity contribution in [3.63, 3.8) is 0 Å². The maximum absolute atomic E-state index is 6.37. The molecule has 4 nitrogen and oxygen atoms in total. The molecule has 0 bridgehead atoms. The number of benzene rings is 1. The first-order valence-electron chi connectivity index (χ1n) is 6.87. The van der Waals surface area contributed by atoms with Gasteiger partial charge >= 0.3 is 0 Å². The van der Waals surface area contributed by atoms with Crippen LogP contribution in [-0.2, 0) is 0 Å². The van der Waals surface area contributed by atoms with Crippen molar-refractivity contribution in [1.82, 2.24) is 14.8 Å². The van der Waals surface area contributed by atoms with Gasteiger partial charge in [-0.05, 0) is 35.6 Å². The van der Waals surface area contributed by atoms with Gasteiger partial charge in [0, 0.05) is 14.9 Å². The Hall–Kier alpha value is -1.56. The molecule has 3 aromatic rings. The Morgan fingerprint density at radius 1 is 1.27 bits per heavy atom. The second-order valence-electron chi connectivity index (χ2n) is 5.16. The van der Waals surface area contributed by atoms with Crippen LogP contribution < -0.4 is 5.32 Å². The summed E-state index contributed by atoms with van der Waals surface area (Å²) in [5.74, 6) is 0.765. The zero-order chi connectivity index (χ0) is 15.1. The van der Waals surface area contributed by atoms with E-state index in [2.05, 4.69) is 32.9 Å². The number of nitrogens with zero attached hydrogens (tertiary/aromatic N) is 3. The highest BCUT2D eigenvalue weighted by molar-refractivity contribution is 7.10. The van der Waals surface area contributed by atoms with Gasteiger partial charge in [-0.2, -0.15) is 10.1 Å². The number of hydrogen-bond donors (Lipinski definition) is 1. The fourth-order valence-electron chi connectivity index (χ4n) is 2.83. The molecular weight excluding hydrogens is 339 g/mol. The Labute approximate surface area is 141 Å². The van der Waals surface area contributed by atoms with E-state index in [0.29, 0.717) is 10.0 Å².